The Labute approximate surface area is 199 Å². The van der Waals surface area contributed by atoms with Gasteiger partial charge in [-0.2, -0.15) is 0 Å². The maximum Gasteiger partial charge on any atom is 0.271 e. The number of sulfonamides is 1. The molecule has 1 aliphatic rings. The number of hydrogen-bond donors (Lipinski definition) is 1. The molecule has 0 spiro atoms. The van der Waals surface area contributed by atoms with E-state index < -0.39 is 14.9 Å². The monoisotopic (exact) mass is 512 g/mol. The Bertz CT molecular complexity index is 1280. The molecule has 0 bridgehead atoms. The maximum absolute atomic E-state index is 12.9. The predicted octanol–water partition coefficient (Wildman–Crippen LogP) is 5.79. The van der Waals surface area contributed by atoms with E-state index in [2.05, 4.69) is 4.72 Å². The van der Waals surface area contributed by atoms with Gasteiger partial charge in [-0.05, 0) is 42.2 Å². The quantitative estimate of drug-likeness (QED) is 0.332. The first kappa shape index (κ1) is 22.8. The van der Waals surface area contributed by atoms with E-state index in [1.54, 1.807) is 0 Å². The van der Waals surface area contributed by atoms with E-state index in [-0.39, 0.29) is 43.2 Å². The number of hydrogen-bond acceptors (Lipinski definition) is 5. The van der Waals surface area contributed by atoms with E-state index in [1.807, 2.05) is 24.3 Å². The summed E-state index contributed by atoms with van der Waals surface area (Å²) in [6.07, 6.45) is 1.19. The molecule has 0 saturated carbocycles. The van der Waals surface area contributed by atoms with Crippen molar-refractivity contribution in [2.45, 2.75) is 23.8 Å². The van der Waals surface area contributed by atoms with E-state index in [9.17, 15) is 18.5 Å². The van der Waals surface area contributed by atoms with Crippen molar-refractivity contribution in [3.63, 3.8) is 0 Å². The molecule has 0 aliphatic heterocycles. The average Bonchev–Trinajstić information content (AvgIpc) is 3.12. The van der Waals surface area contributed by atoms with Gasteiger partial charge in [-0.1, -0.05) is 59.1 Å². The van der Waals surface area contributed by atoms with E-state index in [1.165, 1.54) is 24.3 Å². The van der Waals surface area contributed by atoms with Crippen LogP contribution in [0.2, 0.25) is 15.1 Å². The number of nitro groups is 1. The van der Waals surface area contributed by atoms with Crippen molar-refractivity contribution in [1.82, 2.24) is 4.72 Å². The van der Waals surface area contributed by atoms with Crippen molar-refractivity contribution in [2.75, 3.05) is 0 Å². The fourth-order valence-electron chi connectivity index (χ4n) is 3.51. The number of nitro benzene ring substituents is 1. The minimum absolute atomic E-state index is 0.0173. The third-order valence-electron chi connectivity index (χ3n) is 4.99. The highest BCUT2D eigenvalue weighted by Gasteiger charge is 2.27. The van der Waals surface area contributed by atoms with Crippen molar-refractivity contribution < 1.29 is 18.1 Å². The molecule has 0 amide bonds. The number of rotatable bonds is 6. The van der Waals surface area contributed by atoms with Gasteiger partial charge in [0.1, 0.15) is 5.75 Å². The highest BCUT2D eigenvalue weighted by atomic mass is 35.5. The Morgan fingerprint density at radius 2 is 1.53 bits per heavy atom. The predicted molar refractivity (Wildman–Crippen MR) is 123 cm³/mol. The molecule has 1 aliphatic carbocycles. The smallest absolute Gasteiger partial charge is 0.271 e. The first-order valence-electron chi connectivity index (χ1n) is 9.34. The SMILES string of the molecule is O=[N+]([O-])c1ccc(Oc2c(Cl)cc(S(=O)(=O)NC3Cc4ccccc4C3)cc2Cl)c(Cl)c1. The van der Waals surface area contributed by atoms with E-state index in [0.29, 0.717) is 12.8 Å². The normalized spacial score (nSPS) is 13.7. The number of ether oxygens (including phenoxy) is 1. The van der Waals surface area contributed by atoms with Crippen LogP contribution >= 0.6 is 34.8 Å². The van der Waals surface area contributed by atoms with E-state index in [0.717, 1.165) is 17.2 Å². The molecule has 0 aromatic heterocycles. The lowest BCUT2D eigenvalue weighted by Crippen LogP contribution is -2.35. The zero-order chi connectivity index (χ0) is 23.0. The summed E-state index contributed by atoms with van der Waals surface area (Å²) in [6.45, 7) is 0. The number of halogens is 3. The summed E-state index contributed by atoms with van der Waals surface area (Å²) in [5.41, 5.74) is 2.01. The van der Waals surface area contributed by atoms with E-state index >= 15 is 0 Å². The molecule has 3 aromatic carbocycles. The van der Waals surface area contributed by atoms with Crippen LogP contribution in [-0.2, 0) is 22.9 Å². The average molecular weight is 514 g/mol. The van der Waals surface area contributed by atoms with Gasteiger partial charge in [-0.3, -0.25) is 10.1 Å². The van der Waals surface area contributed by atoms with Crippen molar-refractivity contribution in [2.24, 2.45) is 0 Å². The van der Waals surface area contributed by atoms with Crippen molar-refractivity contribution >= 4 is 50.5 Å². The number of benzene rings is 3. The second kappa shape index (κ2) is 8.88. The highest BCUT2D eigenvalue weighted by Crippen LogP contribution is 2.41. The molecule has 0 radical (unpaired) electrons. The lowest BCUT2D eigenvalue weighted by Gasteiger charge is -2.15. The molecule has 0 heterocycles. The molecule has 32 heavy (non-hydrogen) atoms. The van der Waals surface area contributed by atoms with E-state index in [4.69, 9.17) is 39.5 Å². The maximum atomic E-state index is 12.9. The summed E-state index contributed by atoms with van der Waals surface area (Å²) in [4.78, 5) is 10.2. The topological polar surface area (TPSA) is 98.5 Å². The van der Waals surface area contributed by atoms with Crippen molar-refractivity contribution in [1.29, 1.82) is 0 Å². The van der Waals surface area contributed by atoms with Crippen LogP contribution in [0.25, 0.3) is 0 Å². The van der Waals surface area contributed by atoms with Gasteiger partial charge in [0.25, 0.3) is 5.69 Å². The molecular weight excluding hydrogens is 499 g/mol. The van der Waals surface area contributed by atoms with Crippen molar-refractivity contribution in [3.05, 3.63) is 90.9 Å². The first-order chi connectivity index (χ1) is 15.1. The minimum atomic E-state index is -3.89. The fourth-order valence-corrected chi connectivity index (χ4v) is 5.71. The molecule has 7 nitrogen and oxygen atoms in total. The standard InChI is InChI=1S/C21H15Cl3N2O5S/c22-17-9-15(26(27)28)5-6-20(17)31-21-18(23)10-16(11-19(21)24)32(29,30)25-14-7-12-3-1-2-4-13(12)8-14/h1-6,9-11,14,25H,7-8H2. The van der Waals surface area contributed by atoms with Crippen LogP contribution in [-0.4, -0.2) is 19.4 Å². The van der Waals surface area contributed by atoms with Crippen LogP contribution in [0.3, 0.4) is 0 Å². The molecule has 0 unspecified atom stereocenters. The van der Waals surface area contributed by atoms with Gasteiger partial charge in [0, 0.05) is 18.2 Å². The lowest BCUT2D eigenvalue weighted by molar-refractivity contribution is -0.384. The Kier molecular flexibility index (Phi) is 6.33. The Morgan fingerprint density at radius 1 is 0.938 bits per heavy atom. The number of non-ortho nitro benzene ring substituents is 1. The molecule has 166 valence electrons. The zero-order valence-corrected chi connectivity index (χ0v) is 19.3. The molecule has 0 saturated heterocycles. The third kappa shape index (κ3) is 4.69. The van der Waals surface area contributed by atoms with Gasteiger partial charge in [0.05, 0.1) is 24.9 Å². The lowest BCUT2D eigenvalue weighted by atomic mass is 10.1. The molecule has 0 atom stereocenters. The minimum Gasteiger partial charge on any atom is -0.453 e. The summed E-state index contributed by atoms with van der Waals surface area (Å²) in [5, 5.41) is 10.7. The van der Waals surface area contributed by atoms with Gasteiger partial charge in [0.15, 0.2) is 5.75 Å². The van der Waals surface area contributed by atoms with Crippen molar-refractivity contribution in [3.8, 4) is 11.5 Å². The largest absolute Gasteiger partial charge is 0.453 e. The summed E-state index contributed by atoms with van der Waals surface area (Å²) in [7, 11) is -3.89. The number of fused-ring (bicyclic) bond motifs is 1. The van der Waals surface area contributed by atoms with Gasteiger partial charge < -0.3 is 4.74 Å². The number of nitrogens with one attached hydrogen (secondary N) is 1. The van der Waals surface area contributed by atoms with Crippen LogP contribution in [0.1, 0.15) is 11.1 Å². The van der Waals surface area contributed by atoms with Gasteiger partial charge in [-0.15, -0.1) is 0 Å². The second-order valence-corrected chi connectivity index (χ2v) is 10.1. The van der Waals surface area contributed by atoms with Crippen LogP contribution in [0.15, 0.2) is 59.5 Å². The first-order valence-corrected chi connectivity index (χ1v) is 12.0. The third-order valence-corrected chi connectivity index (χ3v) is 7.35. The summed E-state index contributed by atoms with van der Waals surface area (Å²) in [6, 6.07) is 13.6. The van der Waals surface area contributed by atoms with Crippen LogP contribution in [0.5, 0.6) is 11.5 Å². The Hall–Kier alpha value is -2.36. The Balaban J connectivity index is 1.55. The molecule has 1 N–H and O–H groups in total. The second-order valence-electron chi connectivity index (χ2n) is 7.19. The van der Waals surface area contributed by atoms with Crippen LogP contribution in [0.4, 0.5) is 5.69 Å². The molecule has 4 rings (SSSR count). The summed E-state index contributed by atoms with van der Waals surface area (Å²) >= 11 is 18.6. The zero-order valence-electron chi connectivity index (χ0n) is 16.2. The summed E-state index contributed by atoms with van der Waals surface area (Å²) in [5.74, 6) is 0.0647. The molecule has 3 aromatic rings. The molecule has 11 heteroatoms. The number of nitrogens with zero attached hydrogens (tertiary/aromatic N) is 1. The summed E-state index contributed by atoms with van der Waals surface area (Å²) < 4.78 is 34.1. The molecular formula is C21H15Cl3N2O5S. The Morgan fingerprint density at radius 3 is 2.06 bits per heavy atom. The van der Waals surface area contributed by atoms with Gasteiger partial charge >= 0.3 is 0 Å². The van der Waals surface area contributed by atoms with Crippen LogP contribution in [0, 0.1) is 10.1 Å². The molecule has 0 fully saturated rings. The highest BCUT2D eigenvalue weighted by molar-refractivity contribution is 7.89. The van der Waals surface area contributed by atoms with Gasteiger partial charge in [-0.25, -0.2) is 13.1 Å². The fraction of sp³-hybridized carbons (Fsp3) is 0.143. The van der Waals surface area contributed by atoms with Crippen LogP contribution < -0.4 is 9.46 Å². The van der Waals surface area contributed by atoms with Gasteiger partial charge in [0.2, 0.25) is 10.0 Å².